The van der Waals surface area contributed by atoms with Gasteiger partial charge in [-0.15, -0.1) is 0 Å². The number of methoxy groups -OCH3 is 1. The van der Waals surface area contributed by atoms with Gasteiger partial charge in [0, 0.05) is 12.5 Å². The lowest BCUT2D eigenvalue weighted by Gasteiger charge is -2.35. The lowest BCUT2D eigenvalue weighted by atomic mass is 9.96. The zero-order valence-corrected chi connectivity index (χ0v) is 20.7. The van der Waals surface area contributed by atoms with Crippen LogP contribution in [0, 0.1) is 11.7 Å². The van der Waals surface area contributed by atoms with Crippen molar-refractivity contribution in [3.05, 3.63) is 53.4 Å². The molecule has 0 amide bonds. The highest BCUT2D eigenvalue weighted by Crippen LogP contribution is 2.40. The van der Waals surface area contributed by atoms with Crippen LogP contribution < -0.4 is 13.8 Å². The Morgan fingerprint density at radius 2 is 1.97 bits per heavy atom. The number of rotatable bonds is 8. The van der Waals surface area contributed by atoms with Gasteiger partial charge < -0.3 is 14.6 Å². The number of nitrogens with zero attached hydrogens (tertiary/aromatic N) is 1. The van der Waals surface area contributed by atoms with E-state index >= 15 is 0 Å². The van der Waals surface area contributed by atoms with Crippen LogP contribution in [0.5, 0.6) is 11.5 Å². The van der Waals surface area contributed by atoms with E-state index < -0.39 is 27.9 Å². The molecule has 0 saturated heterocycles. The van der Waals surface area contributed by atoms with Crippen molar-refractivity contribution < 1.29 is 32.2 Å². The zero-order chi connectivity index (χ0) is 25.2. The summed E-state index contributed by atoms with van der Waals surface area (Å²) in [7, 11) is -2.85. The van der Waals surface area contributed by atoms with Crippen molar-refractivity contribution in [2.45, 2.75) is 56.4 Å². The fourth-order valence-electron chi connectivity index (χ4n) is 4.77. The van der Waals surface area contributed by atoms with Crippen LogP contribution in [0.1, 0.15) is 51.0 Å². The van der Waals surface area contributed by atoms with Crippen LogP contribution >= 0.6 is 0 Å². The van der Waals surface area contributed by atoms with Gasteiger partial charge in [-0.25, -0.2) is 12.8 Å². The Morgan fingerprint density at radius 1 is 1.23 bits per heavy atom. The van der Waals surface area contributed by atoms with Crippen LogP contribution in [0.15, 0.2) is 46.9 Å². The topological polar surface area (TPSA) is 93.1 Å². The molecule has 1 aliphatic carbocycles. The van der Waals surface area contributed by atoms with Gasteiger partial charge in [0.2, 0.25) is 0 Å². The summed E-state index contributed by atoms with van der Waals surface area (Å²) in [6.45, 7) is 2.05. The first-order valence-corrected chi connectivity index (χ1v) is 13.2. The summed E-state index contributed by atoms with van der Waals surface area (Å²) < 4.78 is 53.6. The fraction of sp³-hybridized carbons (Fsp3) is 0.423. The number of halogens is 1. The van der Waals surface area contributed by atoms with Gasteiger partial charge in [0.25, 0.3) is 10.0 Å². The molecule has 35 heavy (non-hydrogen) atoms. The molecule has 2 aliphatic rings. The van der Waals surface area contributed by atoms with E-state index in [-0.39, 0.29) is 30.0 Å². The Kier molecular flexibility index (Phi) is 7.35. The largest absolute Gasteiger partial charge is 0.494 e. The molecule has 0 aromatic heterocycles. The average molecular weight is 504 g/mol. The van der Waals surface area contributed by atoms with E-state index in [1.807, 2.05) is 6.07 Å². The number of carboxylic acids is 1. The Hall–Kier alpha value is -3.07. The molecule has 7 nitrogen and oxygen atoms in total. The monoisotopic (exact) mass is 503 g/mol. The lowest BCUT2D eigenvalue weighted by Crippen LogP contribution is -2.43. The Balaban J connectivity index is 1.74. The van der Waals surface area contributed by atoms with Crippen molar-refractivity contribution in [3.63, 3.8) is 0 Å². The number of carboxylic acid groups (broad SMARTS) is 1. The molecule has 0 bridgehead atoms. The Labute approximate surface area is 205 Å². The summed E-state index contributed by atoms with van der Waals surface area (Å²) in [6, 6.07) is 8.79. The first kappa shape index (κ1) is 25.0. The number of benzene rings is 2. The summed E-state index contributed by atoms with van der Waals surface area (Å²) in [5, 5.41) is 9.09. The van der Waals surface area contributed by atoms with E-state index in [2.05, 4.69) is 13.0 Å². The van der Waals surface area contributed by atoms with Crippen molar-refractivity contribution >= 4 is 27.8 Å². The number of ether oxygens (including phenoxy) is 2. The first-order chi connectivity index (χ1) is 16.7. The van der Waals surface area contributed by atoms with Crippen LogP contribution in [0.2, 0.25) is 0 Å². The molecule has 0 radical (unpaired) electrons. The third-order valence-corrected chi connectivity index (χ3v) is 8.47. The fourth-order valence-corrected chi connectivity index (χ4v) is 6.29. The molecule has 1 heterocycles. The molecule has 1 aliphatic heterocycles. The van der Waals surface area contributed by atoms with Gasteiger partial charge in [0.15, 0.2) is 11.6 Å². The molecule has 1 atom stereocenters. The van der Waals surface area contributed by atoms with Gasteiger partial charge >= 0.3 is 5.97 Å². The number of sulfonamides is 1. The zero-order valence-electron chi connectivity index (χ0n) is 19.9. The number of fused-ring (bicyclic) bond motifs is 1. The van der Waals surface area contributed by atoms with Crippen molar-refractivity contribution in [1.82, 2.24) is 0 Å². The highest BCUT2D eigenvalue weighted by molar-refractivity contribution is 7.92. The molecule has 2 aromatic rings. The van der Waals surface area contributed by atoms with Crippen LogP contribution in [0.4, 0.5) is 10.1 Å². The van der Waals surface area contributed by atoms with Crippen LogP contribution in [0.3, 0.4) is 0 Å². The third-order valence-electron chi connectivity index (χ3n) is 6.70. The number of hydrogen-bond donors (Lipinski definition) is 1. The Morgan fingerprint density at radius 3 is 2.66 bits per heavy atom. The molecule has 1 N–H and O–H groups in total. The maximum Gasteiger partial charge on any atom is 0.303 e. The maximum atomic E-state index is 14.0. The van der Waals surface area contributed by atoms with Crippen molar-refractivity contribution in [2.24, 2.45) is 5.92 Å². The summed E-state index contributed by atoms with van der Waals surface area (Å²) in [4.78, 5) is 11.0. The number of carbonyl (C=O) groups is 1. The summed E-state index contributed by atoms with van der Waals surface area (Å²) in [5.41, 5.74) is 2.49. The molecule has 1 fully saturated rings. The van der Waals surface area contributed by atoms with Gasteiger partial charge in [0.1, 0.15) is 11.9 Å². The molecule has 0 unspecified atom stereocenters. The molecular formula is C26H30FNO6S. The minimum absolute atomic E-state index is 0.0585. The quantitative estimate of drug-likeness (QED) is 0.529. The predicted octanol–water partition coefficient (Wildman–Crippen LogP) is 5.25. The summed E-state index contributed by atoms with van der Waals surface area (Å²) in [6.07, 6.45) is 6.20. The van der Waals surface area contributed by atoms with Crippen molar-refractivity contribution in [1.29, 1.82) is 0 Å². The van der Waals surface area contributed by atoms with Gasteiger partial charge in [-0.3, -0.25) is 9.10 Å². The predicted molar refractivity (Wildman–Crippen MR) is 131 cm³/mol. The van der Waals surface area contributed by atoms with Gasteiger partial charge in [-0.1, -0.05) is 30.6 Å². The summed E-state index contributed by atoms with van der Waals surface area (Å²) in [5.74, 6) is -0.928. The molecule has 1 saturated carbocycles. The molecule has 9 heteroatoms. The SMILES string of the molecule is COc1cc(S(=O)(=O)N2C[C@H](CCC(=O)O)Oc3ccc(/C=C(\C)C4CCCC4)cc32)ccc1F. The van der Waals surface area contributed by atoms with E-state index in [1.165, 1.54) is 35.9 Å². The van der Waals surface area contributed by atoms with E-state index in [4.69, 9.17) is 14.6 Å². The van der Waals surface area contributed by atoms with E-state index in [0.29, 0.717) is 17.4 Å². The van der Waals surface area contributed by atoms with E-state index in [1.54, 1.807) is 12.1 Å². The second-order valence-electron chi connectivity index (χ2n) is 9.10. The minimum atomic E-state index is -4.12. The third kappa shape index (κ3) is 5.45. The second-order valence-corrected chi connectivity index (χ2v) is 11.0. The second kappa shape index (κ2) is 10.3. The van der Waals surface area contributed by atoms with Crippen LogP contribution in [0.25, 0.3) is 6.08 Å². The average Bonchev–Trinajstić information content (AvgIpc) is 3.37. The molecule has 2 aromatic carbocycles. The number of anilines is 1. The van der Waals surface area contributed by atoms with E-state index in [9.17, 15) is 17.6 Å². The van der Waals surface area contributed by atoms with Crippen LogP contribution in [-0.4, -0.2) is 39.3 Å². The highest BCUT2D eigenvalue weighted by Gasteiger charge is 2.35. The maximum absolute atomic E-state index is 14.0. The number of aliphatic carboxylic acids is 1. The van der Waals surface area contributed by atoms with E-state index in [0.717, 1.165) is 30.5 Å². The van der Waals surface area contributed by atoms with Crippen LogP contribution in [-0.2, 0) is 14.8 Å². The molecule has 188 valence electrons. The summed E-state index contributed by atoms with van der Waals surface area (Å²) >= 11 is 0. The smallest absolute Gasteiger partial charge is 0.303 e. The highest BCUT2D eigenvalue weighted by atomic mass is 32.2. The number of hydrogen-bond acceptors (Lipinski definition) is 5. The molecule has 0 spiro atoms. The molecular weight excluding hydrogens is 473 g/mol. The molecule has 4 rings (SSSR count). The van der Waals surface area contributed by atoms with Gasteiger partial charge in [0.05, 0.1) is 24.2 Å². The Bertz CT molecular complexity index is 1240. The number of allylic oxidation sites excluding steroid dienone is 1. The van der Waals surface area contributed by atoms with Crippen molar-refractivity contribution in [3.8, 4) is 11.5 Å². The standard InChI is InChI=1S/C26H30FNO6S/c1-17(19-5-3-4-6-19)13-18-7-11-24-23(14-18)28(16-20(34-24)8-12-26(29)30)35(31,32)21-9-10-22(27)25(15-21)33-2/h7,9-11,13-15,19-20H,3-6,8,12,16H2,1-2H3,(H,29,30)/b17-13+/t20-/m0/s1. The first-order valence-electron chi connectivity index (χ1n) is 11.8. The minimum Gasteiger partial charge on any atom is -0.494 e. The lowest BCUT2D eigenvalue weighted by molar-refractivity contribution is -0.137. The van der Waals surface area contributed by atoms with Gasteiger partial charge in [-0.2, -0.15) is 0 Å². The normalized spacial score (nSPS) is 18.8. The van der Waals surface area contributed by atoms with Crippen molar-refractivity contribution in [2.75, 3.05) is 18.0 Å². The van der Waals surface area contributed by atoms with Gasteiger partial charge in [-0.05, 0) is 61.9 Å².